The number of nitrogens with zero attached hydrogens (tertiary/aromatic N) is 2. The second-order valence-corrected chi connectivity index (χ2v) is 7.51. The fourth-order valence-electron chi connectivity index (χ4n) is 4.67. The summed E-state index contributed by atoms with van der Waals surface area (Å²) in [6.45, 7) is 1.82. The van der Waals surface area contributed by atoms with E-state index in [9.17, 15) is 14.4 Å². The molecule has 2 fully saturated rings. The first-order valence-electron chi connectivity index (χ1n) is 9.63. The van der Waals surface area contributed by atoms with Gasteiger partial charge >= 0.3 is 5.97 Å². The van der Waals surface area contributed by atoms with Crippen LogP contribution in [0.5, 0.6) is 0 Å². The Morgan fingerprint density at radius 2 is 1.90 bits per heavy atom. The molecule has 0 bridgehead atoms. The van der Waals surface area contributed by atoms with Gasteiger partial charge in [-0.05, 0) is 24.1 Å². The van der Waals surface area contributed by atoms with Crippen molar-refractivity contribution in [2.75, 3.05) is 14.2 Å². The molecule has 1 N–H and O–H groups in total. The molecule has 3 heterocycles. The zero-order valence-corrected chi connectivity index (χ0v) is 16.6. The van der Waals surface area contributed by atoms with Crippen molar-refractivity contribution in [1.29, 1.82) is 0 Å². The molecule has 0 radical (unpaired) electrons. The van der Waals surface area contributed by atoms with Gasteiger partial charge in [-0.25, -0.2) is 0 Å². The number of rotatable bonds is 4. The van der Waals surface area contributed by atoms with Gasteiger partial charge in [-0.1, -0.05) is 37.3 Å². The Labute approximate surface area is 169 Å². The summed E-state index contributed by atoms with van der Waals surface area (Å²) in [7, 11) is 2.78. The second-order valence-electron chi connectivity index (χ2n) is 7.51. The Bertz CT molecular complexity index is 960. The summed E-state index contributed by atoms with van der Waals surface area (Å²) in [5, 5.41) is 3.31. The molecule has 150 valence electrons. The van der Waals surface area contributed by atoms with E-state index < -0.39 is 29.4 Å². The van der Waals surface area contributed by atoms with Crippen molar-refractivity contribution < 1.29 is 19.1 Å². The molecular weight excluding hydrogens is 370 g/mol. The molecule has 7 heteroatoms. The van der Waals surface area contributed by atoms with Gasteiger partial charge < -0.3 is 4.74 Å². The van der Waals surface area contributed by atoms with Gasteiger partial charge in [0.1, 0.15) is 5.54 Å². The molecule has 2 saturated heterocycles. The lowest BCUT2D eigenvalue weighted by Gasteiger charge is -2.30. The van der Waals surface area contributed by atoms with E-state index >= 15 is 0 Å². The van der Waals surface area contributed by atoms with E-state index in [0.29, 0.717) is 6.42 Å². The third-order valence-corrected chi connectivity index (χ3v) is 6.21. The Hall–Kier alpha value is -3.06. The lowest BCUT2D eigenvalue weighted by molar-refractivity contribution is -0.154. The Morgan fingerprint density at radius 1 is 1.17 bits per heavy atom. The molecular formula is C22H23N3O4. The van der Waals surface area contributed by atoms with Crippen LogP contribution in [0.2, 0.25) is 0 Å². The van der Waals surface area contributed by atoms with Gasteiger partial charge in [-0.3, -0.25) is 29.6 Å². The number of methoxy groups -OCH3 is 1. The zero-order chi connectivity index (χ0) is 20.8. The number of hydrogen-bond donors (Lipinski definition) is 1. The van der Waals surface area contributed by atoms with Crippen molar-refractivity contribution >= 4 is 17.8 Å². The number of esters is 1. The average molecular weight is 393 g/mol. The Morgan fingerprint density at radius 3 is 2.48 bits per heavy atom. The first-order chi connectivity index (χ1) is 13.9. The molecule has 1 aromatic heterocycles. The first kappa shape index (κ1) is 19.3. The summed E-state index contributed by atoms with van der Waals surface area (Å²) in [6.07, 6.45) is 2.08. The summed E-state index contributed by atoms with van der Waals surface area (Å²) < 4.78 is 5.02. The minimum atomic E-state index is -1.22. The van der Waals surface area contributed by atoms with E-state index in [2.05, 4.69) is 10.3 Å². The van der Waals surface area contributed by atoms with Gasteiger partial charge in [0, 0.05) is 24.8 Å². The van der Waals surface area contributed by atoms with Crippen LogP contribution in [0.3, 0.4) is 0 Å². The predicted octanol–water partition coefficient (Wildman–Crippen LogP) is 1.95. The largest absolute Gasteiger partial charge is 0.468 e. The van der Waals surface area contributed by atoms with Crippen LogP contribution in [0, 0.1) is 11.8 Å². The van der Waals surface area contributed by atoms with E-state index in [-0.39, 0.29) is 11.8 Å². The van der Waals surface area contributed by atoms with Crippen LogP contribution in [-0.4, -0.2) is 47.4 Å². The van der Waals surface area contributed by atoms with Crippen molar-refractivity contribution in [1.82, 2.24) is 15.2 Å². The number of likely N-dealkylation sites (tertiary alicyclic amines) is 1. The van der Waals surface area contributed by atoms with Crippen LogP contribution >= 0.6 is 0 Å². The summed E-state index contributed by atoms with van der Waals surface area (Å²) in [5.74, 6) is -2.55. The SMILES string of the molecule is CC[C@]1(C(=O)OC)N[C@@H](c2ccc(-c3ccccn3)cc2)[C@H]2C(=O)N(C)C(=O)[C@H]21. The number of pyridine rings is 1. The lowest BCUT2D eigenvalue weighted by Crippen LogP contribution is -2.55. The van der Waals surface area contributed by atoms with Gasteiger partial charge in [0.05, 0.1) is 24.6 Å². The smallest absolute Gasteiger partial charge is 0.326 e. The van der Waals surface area contributed by atoms with Crippen molar-refractivity contribution in [3.05, 3.63) is 54.2 Å². The van der Waals surface area contributed by atoms with E-state index in [1.807, 2.05) is 49.4 Å². The normalized spacial score (nSPS) is 28.5. The van der Waals surface area contributed by atoms with Gasteiger partial charge in [0.25, 0.3) is 0 Å². The summed E-state index contributed by atoms with van der Waals surface area (Å²) >= 11 is 0. The minimum Gasteiger partial charge on any atom is -0.468 e. The van der Waals surface area contributed by atoms with E-state index in [4.69, 9.17) is 4.74 Å². The fourth-order valence-corrected chi connectivity index (χ4v) is 4.67. The first-order valence-corrected chi connectivity index (χ1v) is 9.63. The average Bonchev–Trinajstić information content (AvgIpc) is 3.24. The fraction of sp³-hybridized carbons (Fsp3) is 0.364. The van der Waals surface area contributed by atoms with E-state index in [1.165, 1.54) is 14.2 Å². The number of amides is 2. The number of imide groups is 1. The molecule has 4 rings (SSSR count). The molecule has 7 nitrogen and oxygen atoms in total. The topological polar surface area (TPSA) is 88.6 Å². The van der Waals surface area contributed by atoms with Crippen LogP contribution in [0.4, 0.5) is 0 Å². The van der Waals surface area contributed by atoms with E-state index in [0.717, 1.165) is 21.7 Å². The number of carbonyl (C=O) groups excluding carboxylic acids is 3. The third-order valence-electron chi connectivity index (χ3n) is 6.21. The molecule has 2 aliphatic heterocycles. The van der Waals surface area contributed by atoms with Crippen LogP contribution in [-0.2, 0) is 19.1 Å². The molecule has 29 heavy (non-hydrogen) atoms. The highest BCUT2D eigenvalue weighted by atomic mass is 16.5. The second kappa shape index (κ2) is 7.08. The maximum Gasteiger partial charge on any atom is 0.326 e. The van der Waals surface area contributed by atoms with Crippen LogP contribution in [0.1, 0.15) is 24.9 Å². The number of carbonyl (C=O) groups is 3. The van der Waals surface area contributed by atoms with Crippen molar-refractivity contribution in [3.8, 4) is 11.3 Å². The molecule has 0 spiro atoms. The van der Waals surface area contributed by atoms with Gasteiger partial charge in [-0.15, -0.1) is 0 Å². The Kier molecular flexibility index (Phi) is 4.70. The van der Waals surface area contributed by atoms with E-state index in [1.54, 1.807) is 6.20 Å². The molecule has 2 aliphatic rings. The highest BCUT2D eigenvalue weighted by Crippen LogP contribution is 2.50. The number of hydrogen-bond acceptors (Lipinski definition) is 6. The minimum absolute atomic E-state index is 0.273. The maximum absolute atomic E-state index is 12.9. The number of ether oxygens (including phenoxy) is 1. The molecule has 0 saturated carbocycles. The molecule has 1 aromatic carbocycles. The van der Waals surface area contributed by atoms with Crippen molar-refractivity contribution in [2.24, 2.45) is 11.8 Å². The molecule has 0 unspecified atom stereocenters. The van der Waals surface area contributed by atoms with Crippen LogP contribution in [0.25, 0.3) is 11.3 Å². The third kappa shape index (κ3) is 2.76. The predicted molar refractivity (Wildman–Crippen MR) is 105 cm³/mol. The number of benzene rings is 1. The quantitative estimate of drug-likeness (QED) is 0.631. The molecule has 4 atom stereocenters. The van der Waals surface area contributed by atoms with Crippen molar-refractivity contribution in [2.45, 2.75) is 24.9 Å². The molecule has 2 aromatic rings. The van der Waals surface area contributed by atoms with Gasteiger partial charge in [-0.2, -0.15) is 0 Å². The summed E-state index contributed by atoms with van der Waals surface area (Å²) in [6, 6.07) is 12.9. The number of nitrogens with one attached hydrogen (secondary N) is 1. The monoisotopic (exact) mass is 393 g/mol. The van der Waals surface area contributed by atoms with Crippen LogP contribution < -0.4 is 5.32 Å². The maximum atomic E-state index is 12.9. The number of fused-ring (bicyclic) bond motifs is 1. The lowest BCUT2D eigenvalue weighted by atomic mass is 9.78. The zero-order valence-electron chi connectivity index (χ0n) is 16.6. The summed E-state index contributed by atoms with van der Waals surface area (Å²) in [4.78, 5) is 43.9. The highest BCUT2D eigenvalue weighted by Gasteiger charge is 2.67. The van der Waals surface area contributed by atoms with Crippen LogP contribution in [0.15, 0.2) is 48.7 Å². The standard InChI is InChI=1S/C22H23N3O4/c1-4-22(21(28)29-3)17-16(19(26)25(2)20(17)27)18(24-22)14-10-8-13(9-11-14)15-7-5-6-12-23-15/h5-12,16-18,24H,4H2,1-3H3/t16-,17-,18-,22-/m0/s1. The number of aromatic nitrogens is 1. The van der Waals surface area contributed by atoms with Gasteiger partial charge in [0.2, 0.25) is 11.8 Å². The highest BCUT2D eigenvalue weighted by molar-refractivity contribution is 6.09. The van der Waals surface area contributed by atoms with Crippen molar-refractivity contribution in [3.63, 3.8) is 0 Å². The Balaban J connectivity index is 1.75. The molecule has 0 aliphatic carbocycles. The van der Waals surface area contributed by atoms with Gasteiger partial charge in [0.15, 0.2) is 0 Å². The molecule has 2 amide bonds. The summed E-state index contributed by atoms with van der Waals surface area (Å²) in [5.41, 5.74) is 1.42.